The molecule has 0 fully saturated rings. The molecule has 3 rings (SSSR count). The standard InChI is InChI=1S/C21H18N2O5S/c1-29(26,27)16-7-4-6-15(12-16)21(25)28-14-20(24)18-13-23(11-5-10-22)19-9-3-2-8-17(18)19/h2-4,6-9,12-13H,5,11,14H2,1H3. The fourth-order valence-corrected chi connectivity index (χ4v) is 3.64. The Morgan fingerprint density at radius 1 is 1.14 bits per heavy atom. The van der Waals surface area contributed by atoms with Gasteiger partial charge in [0.2, 0.25) is 5.78 Å². The zero-order valence-corrected chi connectivity index (χ0v) is 16.5. The molecule has 7 nitrogen and oxygen atoms in total. The van der Waals surface area contributed by atoms with E-state index in [1.165, 1.54) is 24.3 Å². The topological polar surface area (TPSA) is 106 Å². The molecule has 0 saturated carbocycles. The average Bonchev–Trinajstić information content (AvgIpc) is 3.08. The Morgan fingerprint density at radius 2 is 1.90 bits per heavy atom. The third-order valence-electron chi connectivity index (χ3n) is 4.39. The monoisotopic (exact) mass is 410 g/mol. The molecule has 2 aromatic carbocycles. The van der Waals surface area contributed by atoms with Gasteiger partial charge >= 0.3 is 5.97 Å². The molecule has 0 bridgehead atoms. The Morgan fingerprint density at radius 3 is 2.62 bits per heavy atom. The van der Waals surface area contributed by atoms with Gasteiger partial charge in [0.15, 0.2) is 16.4 Å². The first-order chi connectivity index (χ1) is 13.8. The van der Waals surface area contributed by atoms with E-state index in [1.807, 2.05) is 16.7 Å². The van der Waals surface area contributed by atoms with E-state index in [9.17, 15) is 18.0 Å². The van der Waals surface area contributed by atoms with Gasteiger partial charge in [0.25, 0.3) is 0 Å². The molecule has 1 heterocycles. The third-order valence-corrected chi connectivity index (χ3v) is 5.50. The molecule has 0 spiro atoms. The zero-order chi connectivity index (χ0) is 21.0. The van der Waals surface area contributed by atoms with Crippen molar-refractivity contribution in [1.29, 1.82) is 5.26 Å². The van der Waals surface area contributed by atoms with Crippen LogP contribution in [0.4, 0.5) is 0 Å². The number of ether oxygens (including phenoxy) is 1. The van der Waals surface area contributed by atoms with Crippen LogP contribution in [0, 0.1) is 11.3 Å². The first-order valence-corrected chi connectivity index (χ1v) is 10.7. The minimum Gasteiger partial charge on any atom is -0.454 e. The van der Waals surface area contributed by atoms with Crippen LogP contribution >= 0.6 is 0 Å². The van der Waals surface area contributed by atoms with Crippen LogP contribution in [0.25, 0.3) is 10.9 Å². The van der Waals surface area contributed by atoms with Crippen molar-refractivity contribution in [3.8, 4) is 6.07 Å². The molecule has 3 aromatic rings. The van der Waals surface area contributed by atoms with Gasteiger partial charge in [-0.2, -0.15) is 5.26 Å². The number of para-hydroxylation sites is 1. The van der Waals surface area contributed by atoms with E-state index in [2.05, 4.69) is 6.07 Å². The van der Waals surface area contributed by atoms with Crippen molar-refractivity contribution in [3.63, 3.8) is 0 Å². The van der Waals surface area contributed by atoms with Crippen molar-refractivity contribution < 1.29 is 22.7 Å². The van der Waals surface area contributed by atoms with Crippen molar-refractivity contribution >= 4 is 32.5 Å². The SMILES string of the molecule is CS(=O)(=O)c1cccc(C(=O)OCC(=O)c2cn(CCC#N)c3ccccc23)c1. The highest BCUT2D eigenvalue weighted by molar-refractivity contribution is 7.90. The van der Waals surface area contributed by atoms with Crippen LogP contribution in [0.15, 0.2) is 59.6 Å². The van der Waals surface area contributed by atoms with Gasteiger partial charge in [-0.25, -0.2) is 13.2 Å². The fourth-order valence-electron chi connectivity index (χ4n) is 2.97. The highest BCUT2D eigenvalue weighted by atomic mass is 32.2. The van der Waals surface area contributed by atoms with Crippen LogP contribution in [0.2, 0.25) is 0 Å². The number of benzene rings is 2. The fraction of sp³-hybridized carbons (Fsp3) is 0.190. The molecule has 0 saturated heterocycles. The molecule has 0 atom stereocenters. The molecule has 0 unspecified atom stereocenters. The summed E-state index contributed by atoms with van der Waals surface area (Å²) in [5.41, 5.74) is 1.27. The van der Waals surface area contributed by atoms with Gasteiger partial charge < -0.3 is 9.30 Å². The Bertz CT molecular complexity index is 1240. The van der Waals surface area contributed by atoms with E-state index in [1.54, 1.807) is 18.3 Å². The van der Waals surface area contributed by atoms with Gasteiger partial charge in [-0.15, -0.1) is 0 Å². The number of ketones is 1. The quantitative estimate of drug-likeness (QED) is 0.438. The first kappa shape index (κ1) is 20.3. The summed E-state index contributed by atoms with van der Waals surface area (Å²) >= 11 is 0. The molecule has 148 valence electrons. The van der Waals surface area contributed by atoms with Gasteiger partial charge in [-0.1, -0.05) is 24.3 Å². The lowest BCUT2D eigenvalue weighted by atomic mass is 10.1. The number of fused-ring (bicyclic) bond motifs is 1. The second kappa shape index (κ2) is 8.29. The number of carbonyl (C=O) groups is 2. The number of aryl methyl sites for hydroxylation is 1. The van der Waals surface area contributed by atoms with Crippen LogP contribution in [-0.4, -0.2) is 37.6 Å². The van der Waals surface area contributed by atoms with Crippen LogP contribution in [0.5, 0.6) is 0 Å². The average molecular weight is 410 g/mol. The van der Waals surface area contributed by atoms with Crippen LogP contribution in [0.1, 0.15) is 27.1 Å². The summed E-state index contributed by atoms with van der Waals surface area (Å²) in [6.07, 6.45) is 3.00. The van der Waals surface area contributed by atoms with E-state index in [4.69, 9.17) is 10.00 Å². The summed E-state index contributed by atoms with van der Waals surface area (Å²) < 4.78 is 30.2. The molecule has 0 amide bonds. The minimum absolute atomic E-state index is 0.00107. The van der Waals surface area contributed by atoms with Gasteiger partial charge in [-0.3, -0.25) is 4.79 Å². The normalized spacial score (nSPS) is 11.2. The summed E-state index contributed by atoms with van der Waals surface area (Å²) in [5, 5.41) is 9.53. The number of hydrogen-bond acceptors (Lipinski definition) is 6. The van der Waals surface area contributed by atoms with E-state index in [0.29, 0.717) is 23.9 Å². The zero-order valence-electron chi connectivity index (χ0n) is 15.7. The number of Topliss-reactive ketones (excluding diaryl/α,β-unsaturated/α-hetero) is 1. The highest BCUT2D eigenvalue weighted by Gasteiger charge is 2.18. The van der Waals surface area contributed by atoms with Crippen molar-refractivity contribution in [2.45, 2.75) is 17.9 Å². The van der Waals surface area contributed by atoms with Crippen molar-refractivity contribution in [3.05, 3.63) is 65.9 Å². The van der Waals surface area contributed by atoms with Crippen molar-refractivity contribution in [2.24, 2.45) is 0 Å². The number of esters is 1. The summed E-state index contributed by atoms with van der Waals surface area (Å²) in [6, 6.07) is 14.8. The molecule has 0 aliphatic carbocycles. The van der Waals surface area contributed by atoms with E-state index < -0.39 is 22.4 Å². The summed E-state index contributed by atoms with van der Waals surface area (Å²) in [5.74, 6) is -1.17. The maximum atomic E-state index is 12.7. The van der Waals surface area contributed by atoms with Gasteiger partial charge in [0.05, 0.1) is 22.9 Å². The molecular formula is C21H18N2O5S. The number of carbonyl (C=O) groups excluding carboxylic acids is 2. The molecule has 1 aromatic heterocycles. The highest BCUT2D eigenvalue weighted by Crippen LogP contribution is 2.22. The Balaban J connectivity index is 1.78. The Kier molecular flexibility index (Phi) is 5.80. The maximum Gasteiger partial charge on any atom is 0.338 e. The number of hydrogen-bond donors (Lipinski definition) is 0. The smallest absolute Gasteiger partial charge is 0.338 e. The number of nitriles is 1. The van der Waals surface area contributed by atoms with Crippen molar-refractivity contribution in [2.75, 3.05) is 12.9 Å². The molecular weight excluding hydrogens is 392 g/mol. The molecule has 0 aliphatic rings. The number of aromatic nitrogens is 1. The minimum atomic E-state index is -3.46. The lowest BCUT2D eigenvalue weighted by Crippen LogP contribution is -2.14. The van der Waals surface area contributed by atoms with E-state index >= 15 is 0 Å². The van der Waals surface area contributed by atoms with Crippen LogP contribution in [0.3, 0.4) is 0 Å². The van der Waals surface area contributed by atoms with E-state index in [-0.39, 0.29) is 16.2 Å². The lowest BCUT2D eigenvalue weighted by Gasteiger charge is -2.05. The molecule has 0 N–H and O–H groups in total. The largest absolute Gasteiger partial charge is 0.454 e. The van der Waals surface area contributed by atoms with Gasteiger partial charge in [-0.05, 0) is 24.3 Å². The summed E-state index contributed by atoms with van der Waals surface area (Å²) in [6.45, 7) is -0.0312. The van der Waals surface area contributed by atoms with Crippen molar-refractivity contribution in [1.82, 2.24) is 4.57 Å². The second-order valence-electron chi connectivity index (χ2n) is 6.46. The summed E-state index contributed by atoms with van der Waals surface area (Å²) in [4.78, 5) is 24.9. The molecule has 0 radical (unpaired) electrons. The molecule has 8 heteroatoms. The predicted molar refractivity (Wildman–Crippen MR) is 106 cm³/mol. The van der Waals surface area contributed by atoms with E-state index in [0.717, 1.165) is 11.8 Å². The number of rotatable bonds is 7. The molecule has 0 aliphatic heterocycles. The van der Waals surface area contributed by atoms with Crippen LogP contribution < -0.4 is 0 Å². The number of nitrogens with zero attached hydrogens (tertiary/aromatic N) is 2. The second-order valence-corrected chi connectivity index (χ2v) is 8.48. The summed E-state index contributed by atoms with van der Waals surface area (Å²) in [7, 11) is -3.46. The Labute approximate surface area is 168 Å². The van der Waals surface area contributed by atoms with Gasteiger partial charge in [0.1, 0.15) is 0 Å². The number of sulfone groups is 1. The lowest BCUT2D eigenvalue weighted by molar-refractivity contribution is 0.0475. The predicted octanol–water partition coefficient (Wildman–Crippen LogP) is 3.00. The van der Waals surface area contributed by atoms with Crippen LogP contribution in [-0.2, 0) is 21.1 Å². The first-order valence-electron chi connectivity index (χ1n) is 8.76. The molecule has 29 heavy (non-hydrogen) atoms. The Hall–Kier alpha value is -3.44. The third kappa shape index (κ3) is 4.52. The maximum absolute atomic E-state index is 12.7. The van der Waals surface area contributed by atoms with Gasteiger partial charge in [0, 0.05) is 35.5 Å².